The molecule has 0 saturated heterocycles. The van der Waals surface area contributed by atoms with E-state index >= 15 is 0 Å². The van der Waals surface area contributed by atoms with Gasteiger partial charge in [-0.3, -0.25) is 4.57 Å². The van der Waals surface area contributed by atoms with E-state index in [1.807, 2.05) is 42.5 Å². The number of hydrogen-bond acceptors (Lipinski definition) is 6. The van der Waals surface area contributed by atoms with E-state index in [0.29, 0.717) is 29.5 Å². The van der Waals surface area contributed by atoms with Gasteiger partial charge in [0.1, 0.15) is 6.73 Å². The Labute approximate surface area is 226 Å². The number of aromatic nitrogens is 2. The highest BCUT2D eigenvalue weighted by atomic mass is 32.2. The zero-order valence-corrected chi connectivity index (χ0v) is 24.3. The molecule has 9 heteroatoms. The summed E-state index contributed by atoms with van der Waals surface area (Å²) in [6, 6.07) is 24.4. The van der Waals surface area contributed by atoms with Gasteiger partial charge >= 0.3 is 0 Å². The Hall–Kier alpha value is -3.40. The van der Waals surface area contributed by atoms with Crippen LogP contribution in [-0.2, 0) is 21.3 Å². The molecule has 0 unspecified atom stereocenters. The van der Waals surface area contributed by atoms with Gasteiger partial charge in [0.25, 0.3) is 0 Å². The minimum absolute atomic E-state index is 0.0371. The number of ether oxygens (including phenoxy) is 3. The van der Waals surface area contributed by atoms with Crippen molar-refractivity contribution in [1.29, 1.82) is 0 Å². The fourth-order valence-electron chi connectivity index (χ4n) is 4.07. The monoisotopic (exact) mass is 550 g/mol. The third kappa shape index (κ3) is 6.01. The molecule has 0 saturated carbocycles. The summed E-state index contributed by atoms with van der Waals surface area (Å²) < 4.78 is 46.6. The Kier molecular flexibility index (Phi) is 8.40. The number of imidazole rings is 1. The zero-order chi connectivity index (χ0) is 27.3. The van der Waals surface area contributed by atoms with E-state index in [1.165, 1.54) is 0 Å². The first-order valence-electron chi connectivity index (χ1n) is 12.4. The average molecular weight is 551 g/mol. The van der Waals surface area contributed by atoms with Crippen molar-refractivity contribution in [2.75, 3.05) is 20.8 Å². The van der Waals surface area contributed by atoms with E-state index in [-0.39, 0.29) is 16.8 Å². The predicted molar refractivity (Wildman–Crippen MR) is 152 cm³/mol. The topological polar surface area (TPSA) is 79.7 Å². The van der Waals surface area contributed by atoms with Gasteiger partial charge in [-0.25, -0.2) is 13.4 Å². The molecule has 1 aromatic heterocycles. The van der Waals surface area contributed by atoms with Crippen molar-refractivity contribution in [3.63, 3.8) is 0 Å². The van der Waals surface area contributed by atoms with Crippen LogP contribution in [0.15, 0.2) is 88.9 Å². The van der Waals surface area contributed by atoms with Crippen LogP contribution in [0.2, 0.25) is 25.7 Å². The predicted octanol–water partition coefficient (Wildman–Crippen LogP) is 6.38. The summed E-state index contributed by atoms with van der Waals surface area (Å²) in [5, 5.41) is -0.0691. The lowest BCUT2D eigenvalue weighted by Gasteiger charge is -2.18. The summed E-state index contributed by atoms with van der Waals surface area (Å²) >= 11 is 0. The fourth-order valence-corrected chi connectivity index (χ4v) is 6.20. The molecule has 0 aliphatic rings. The molecular weight excluding hydrogens is 516 g/mol. The lowest BCUT2D eigenvalue weighted by Crippen LogP contribution is -2.22. The molecule has 200 valence electrons. The van der Waals surface area contributed by atoms with Crippen molar-refractivity contribution < 1.29 is 22.6 Å². The average Bonchev–Trinajstić information content (AvgIpc) is 3.31. The van der Waals surface area contributed by atoms with E-state index in [4.69, 9.17) is 19.2 Å². The fraction of sp³-hybridized carbons (Fsp3) is 0.276. The van der Waals surface area contributed by atoms with E-state index < -0.39 is 17.9 Å². The van der Waals surface area contributed by atoms with Crippen LogP contribution in [0.1, 0.15) is 0 Å². The summed E-state index contributed by atoms with van der Waals surface area (Å²) in [6.07, 6.45) is 0. The van der Waals surface area contributed by atoms with E-state index in [1.54, 1.807) is 55.2 Å². The Bertz CT molecular complexity index is 1480. The van der Waals surface area contributed by atoms with Gasteiger partial charge in [0.15, 0.2) is 11.5 Å². The molecule has 0 fully saturated rings. The molecule has 0 radical (unpaired) electrons. The van der Waals surface area contributed by atoms with Crippen LogP contribution in [-0.4, -0.2) is 46.9 Å². The zero-order valence-electron chi connectivity index (χ0n) is 22.5. The molecule has 0 bridgehead atoms. The molecule has 4 rings (SSSR count). The van der Waals surface area contributed by atoms with E-state index in [2.05, 4.69) is 19.6 Å². The van der Waals surface area contributed by atoms with Crippen LogP contribution in [0, 0.1) is 0 Å². The van der Waals surface area contributed by atoms with Crippen LogP contribution in [0.4, 0.5) is 0 Å². The van der Waals surface area contributed by atoms with Crippen molar-refractivity contribution in [2.24, 2.45) is 0 Å². The van der Waals surface area contributed by atoms with Crippen LogP contribution in [0.3, 0.4) is 0 Å². The van der Waals surface area contributed by atoms with Crippen molar-refractivity contribution in [2.45, 2.75) is 42.5 Å². The molecule has 3 aromatic carbocycles. The van der Waals surface area contributed by atoms with Crippen molar-refractivity contribution in [3.05, 3.63) is 78.9 Å². The molecule has 0 aliphatic carbocycles. The lowest BCUT2D eigenvalue weighted by molar-refractivity contribution is 0.0820. The molecule has 0 spiro atoms. The summed E-state index contributed by atoms with van der Waals surface area (Å²) in [7, 11) is -2.15. The minimum Gasteiger partial charge on any atom is -0.493 e. The third-order valence-corrected chi connectivity index (χ3v) is 9.54. The number of hydrogen-bond donors (Lipinski definition) is 0. The minimum atomic E-state index is -3.96. The largest absolute Gasteiger partial charge is 0.493 e. The second-order valence-electron chi connectivity index (χ2n) is 10.1. The van der Waals surface area contributed by atoms with E-state index in [0.717, 1.165) is 17.2 Å². The second kappa shape index (κ2) is 11.5. The van der Waals surface area contributed by atoms with Crippen LogP contribution in [0.25, 0.3) is 22.5 Å². The molecule has 7 nitrogen and oxygen atoms in total. The van der Waals surface area contributed by atoms with Gasteiger partial charge in [-0.2, -0.15) is 0 Å². The number of nitrogens with zero attached hydrogens (tertiary/aromatic N) is 2. The highest BCUT2D eigenvalue weighted by Crippen LogP contribution is 2.39. The Morgan fingerprint density at radius 3 is 2.05 bits per heavy atom. The Balaban J connectivity index is 1.96. The molecular formula is C29H34N2O5SSi. The second-order valence-corrected chi connectivity index (χ2v) is 17.6. The molecule has 38 heavy (non-hydrogen) atoms. The maximum atomic E-state index is 13.9. The van der Waals surface area contributed by atoms with E-state index in [9.17, 15) is 8.42 Å². The summed E-state index contributed by atoms with van der Waals surface area (Å²) in [5.41, 5.74) is 2.70. The van der Waals surface area contributed by atoms with Gasteiger partial charge in [0, 0.05) is 25.8 Å². The first-order chi connectivity index (χ1) is 18.2. The van der Waals surface area contributed by atoms with Gasteiger partial charge in [-0.1, -0.05) is 68.2 Å². The summed E-state index contributed by atoms with van der Waals surface area (Å²) in [5.74, 6) is 1.11. The van der Waals surface area contributed by atoms with Gasteiger partial charge in [-0.15, -0.1) is 0 Å². The molecule has 0 amide bonds. The molecule has 4 aromatic rings. The number of sulfone groups is 1. The van der Waals surface area contributed by atoms with Gasteiger partial charge in [0.2, 0.25) is 15.0 Å². The normalized spacial score (nSPS) is 11.9. The standard InChI is InChI=1S/C29H34N2O5SSi/c1-34-25-17-16-23(20-26(25)35-2)28-27(22-12-8-6-9-13-22)30-29(31(28)21-36-18-19-38(3,4)5)37(32,33)24-14-10-7-11-15-24/h6-17,20H,18-19,21H2,1-5H3. The van der Waals surface area contributed by atoms with Crippen LogP contribution < -0.4 is 9.47 Å². The summed E-state index contributed by atoms with van der Waals surface area (Å²) in [6.45, 7) is 7.41. The smallest absolute Gasteiger partial charge is 0.240 e. The highest BCUT2D eigenvalue weighted by Gasteiger charge is 2.30. The molecule has 0 aliphatic heterocycles. The Morgan fingerprint density at radius 1 is 0.816 bits per heavy atom. The van der Waals surface area contributed by atoms with Crippen molar-refractivity contribution in [1.82, 2.24) is 9.55 Å². The molecule has 1 heterocycles. The maximum Gasteiger partial charge on any atom is 0.240 e. The number of methoxy groups -OCH3 is 2. The maximum absolute atomic E-state index is 13.9. The SMILES string of the molecule is COc1ccc(-c2c(-c3ccccc3)nc(S(=O)(=O)c3ccccc3)n2COCC[Si](C)(C)C)cc1OC. The number of benzene rings is 3. The van der Waals surface area contributed by atoms with Crippen LogP contribution in [0.5, 0.6) is 11.5 Å². The van der Waals surface area contributed by atoms with Crippen molar-refractivity contribution in [3.8, 4) is 34.0 Å². The molecule has 0 N–H and O–H groups in total. The third-order valence-electron chi connectivity index (χ3n) is 6.15. The first-order valence-corrected chi connectivity index (χ1v) is 17.6. The highest BCUT2D eigenvalue weighted by molar-refractivity contribution is 7.91. The van der Waals surface area contributed by atoms with Gasteiger partial charge < -0.3 is 14.2 Å². The van der Waals surface area contributed by atoms with Crippen molar-refractivity contribution >= 4 is 17.9 Å². The molecule has 0 atom stereocenters. The first kappa shape index (κ1) is 27.6. The summed E-state index contributed by atoms with van der Waals surface area (Å²) in [4.78, 5) is 4.94. The van der Waals surface area contributed by atoms with Gasteiger partial charge in [0.05, 0.1) is 30.5 Å². The van der Waals surface area contributed by atoms with Gasteiger partial charge in [-0.05, 0) is 36.4 Å². The number of rotatable bonds is 11. The quantitative estimate of drug-likeness (QED) is 0.159. The van der Waals surface area contributed by atoms with Crippen LogP contribution >= 0.6 is 0 Å². The Morgan fingerprint density at radius 2 is 1.45 bits per heavy atom. The lowest BCUT2D eigenvalue weighted by atomic mass is 10.0.